The highest BCUT2D eigenvalue weighted by Gasteiger charge is 2.30. The summed E-state index contributed by atoms with van der Waals surface area (Å²) in [5.41, 5.74) is 1.46. The molecule has 19 heavy (non-hydrogen) atoms. The predicted octanol–water partition coefficient (Wildman–Crippen LogP) is 3.96. The predicted molar refractivity (Wildman–Crippen MR) is 86.4 cm³/mol. The summed E-state index contributed by atoms with van der Waals surface area (Å²) in [4.78, 5) is 2.66. The molecule has 2 fully saturated rings. The highest BCUT2D eigenvalue weighted by molar-refractivity contribution is 9.13. The van der Waals surface area contributed by atoms with Crippen molar-refractivity contribution in [1.29, 1.82) is 0 Å². The van der Waals surface area contributed by atoms with Gasteiger partial charge in [-0.15, -0.1) is 0 Å². The molecule has 1 saturated carbocycles. The molecule has 0 spiro atoms. The molecule has 0 amide bonds. The van der Waals surface area contributed by atoms with Gasteiger partial charge in [-0.25, -0.2) is 0 Å². The molecule has 1 aromatic carbocycles. The Morgan fingerprint density at radius 3 is 2.53 bits per heavy atom. The first-order valence-corrected chi connectivity index (χ1v) is 8.72. The Labute approximate surface area is 132 Å². The molecular weight excluding hydrogens is 368 g/mol. The largest absolute Gasteiger partial charge is 0.314 e. The second-order valence-corrected chi connectivity index (χ2v) is 7.36. The van der Waals surface area contributed by atoms with Crippen LogP contribution in [0.15, 0.2) is 27.1 Å². The highest BCUT2D eigenvalue weighted by atomic mass is 79.9. The van der Waals surface area contributed by atoms with E-state index in [4.69, 9.17) is 0 Å². The highest BCUT2D eigenvalue weighted by Crippen LogP contribution is 2.41. The number of rotatable bonds is 4. The molecule has 104 valence electrons. The average Bonchev–Trinajstić information content (AvgIpc) is 3.24. The molecule has 1 heterocycles. The fourth-order valence-corrected chi connectivity index (χ4v) is 3.52. The fourth-order valence-electron chi connectivity index (χ4n) is 2.88. The first-order chi connectivity index (χ1) is 9.24. The zero-order valence-electron chi connectivity index (χ0n) is 11.0. The molecule has 4 heteroatoms. The number of hydrogen-bond donors (Lipinski definition) is 1. The van der Waals surface area contributed by atoms with E-state index in [1.54, 1.807) is 0 Å². The van der Waals surface area contributed by atoms with E-state index in [1.807, 2.05) is 0 Å². The maximum Gasteiger partial charge on any atom is 0.0352 e. The van der Waals surface area contributed by atoms with Gasteiger partial charge in [0.15, 0.2) is 0 Å². The summed E-state index contributed by atoms with van der Waals surface area (Å²) in [5, 5.41) is 3.45. The van der Waals surface area contributed by atoms with Crippen LogP contribution in [0.2, 0.25) is 0 Å². The summed E-state index contributed by atoms with van der Waals surface area (Å²) in [7, 11) is 0. The van der Waals surface area contributed by atoms with E-state index in [0.29, 0.717) is 6.04 Å². The molecule has 1 N–H and O–H groups in total. The molecule has 1 saturated heterocycles. The lowest BCUT2D eigenvalue weighted by Gasteiger charge is -2.35. The SMILES string of the molecule is Brc1ccc([C@@H](CC2CC2)N2CCNCC2)cc1Br. The summed E-state index contributed by atoms with van der Waals surface area (Å²) in [5.74, 6) is 0.960. The smallest absolute Gasteiger partial charge is 0.0352 e. The van der Waals surface area contributed by atoms with Crippen molar-refractivity contribution in [2.45, 2.75) is 25.3 Å². The lowest BCUT2D eigenvalue weighted by atomic mass is 9.99. The lowest BCUT2D eigenvalue weighted by Crippen LogP contribution is -2.45. The van der Waals surface area contributed by atoms with Gasteiger partial charge in [0.25, 0.3) is 0 Å². The second-order valence-electron chi connectivity index (χ2n) is 5.65. The third kappa shape index (κ3) is 3.60. The van der Waals surface area contributed by atoms with Gasteiger partial charge in [0, 0.05) is 41.2 Å². The normalized spacial score (nSPS) is 22.4. The Balaban J connectivity index is 1.81. The van der Waals surface area contributed by atoms with Crippen LogP contribution in [-0.4, -0.2) is 31.1 Å². The number of benzene rings is 1. The van der Waals surface area contributed by atoms with Gasteiger partial charge >= 0.3 is 0 Å². The second kappa shape index (κ2) is 6.25. The molecule has 1 aromatic rings. The van der Waals surface area contributed by atoms with Gasteiger partial charge in [-0.1, -0.05) is 18.9 Å². The van der Waals surface area contributed by atoms with Gasteiger partial charge in [0.05, 0.1) is 0 Å². The van der Waals surface area contributed by atoms with Crippen molar-refractivity contribution in [2.75, 3.05) is 26.2 Å². The molecule has 1 aliphatic carbocycles. The number of piperazine rings is 1. The molecule has 2 aliphatic rings. The minimum atomic E-state index is 0.596. The Kier molecular flexibility index (Phi) is 4.62. The van der Waals surface area contributed by atoms with Crippen LogP contribution in [0.5, 0.6) is 0 Å². The molecule has 1 aliphatic heterocycles. The van der Waals surface area contributed by atoms with Crippen molar-refractivity contribution in [3.63, 3.8) is 0 Å². The van der Waals surface area contributed by atoms with Crippen LogP contribution >= 0.6 is 31.9 Å². The topological polar surface area (TPSA) is 15.3 Å². The summed E-state index contributed by atoms with van der Waals surface area (Å²) >= 11 is 7.21. The zero-order valence-corrected chi connectivity index (χ0v) is 14.2. The van der Waals surface area contributed by atoms with Crippen LogP contribution in [-0.2, 0) is 0 Å². The van der Waals surface area contributed by atoms with Crippen LogP contribution in [0.3, 0.4) is 0 Å². The van der Waals surface area contributed by atoms with Crippen molar-refractivity contribution in [3.8, 4) is 0 Å². The number of halogens is 2. The van der Waals surface area contributed by atoms with Crippen LogP contribution < -0.4 is 5.32 Å². The summed E-state index contributed by atoms with van der Waals surface area (Å²) in [6.45, 7) is 4.59. The monoisotopic (exact) mass is 386 g/mol. The minimum absolute atomic E-state index is 0.596. The molecule has 3 rings (SSSR count). The summed E-state index contributed by atoms with van der Waals surface area (Å²) < 4.78 is 2.31. The fraction of sp³-hybridized carbons (Fsp3) is 0.600. The van der Waals surface area contributed by atoms with E-state index in [9.17, 15) is 0 Å². The van der Waals surface area contributed by atoms with Gasteiger partial charge in [-0.05, 0) is 61.9 Å². The Bertz CT molecular complexity index is 440. The average molecular weight is 388 g/mol. The van der Waals surface area contributed by atoms with E-state index in [0.717, 1.165) is 23.5 Å². The first-order valence-electron chi connectivity index (χ1n) is 7.14. The number of nitrogens with one attached hydrogen (secondary N) is 1. The van der Waals surface area contributed by atoms with Crippen molar-refractivity contribution in [1.82, 2.24) is 10.2 Å². The third-order valence-electron chi connectivity index (χ3n) is 4.17. The van der Waals surface area contributed by atoms with Gasteiger partial charge in [-0.3, -0.25) is 4.90 Å². The van der Waals surface area contributed by atoms with Crippen LogP contribution in [0.4, 0.5) is 0 Å². The maximum absolute atomic E-state index is 3.64. The zero-order chi connectivity index (χ0) is 13.2. The Morgan fingerprint density at radius 1 is 1.16 bits per heavy atom. The van der Waals surface area contributed by atoms with Gasteiger partial charge in [0.1, 0.15) is 0 Å². The summed E-state index contributed by atoms with van der Waals surface area (Å²) in [6, 6.07) is 7.34. The Hall–Kier alpha value is 0.1000. The van der Waals surface area contributed by atoms with Crippen LogP contribution in [0.25, 0.3) is 0 Å². The molecule has 0 unspecified atom stereocenters. The van der Waals surface area contributed by atoms with Crippen molar-refractivity contribution in [3.05, 3.63) is 32.7 Å². The van der Waals surface area contributed by atoms with Crippen molar-refractivity contribution >= 4 is 31.9 Å². The third-order valence-corrected chi connectivity index (χ3v) is 6.05. The van der Waals surface area contributed by atoms with Gasteiger partial charge < -0.3 is 5.32 Å². The maximum atomic E-state index is 3.64. The van der Waals surface area contributed by atoms with Crippen LogP contribution in [0, 0.1) is 5.92 Å². The first kappa shape index (κ1) is 14.1. The molecular formula is C15H20Br2N2. The Morgan fingerprint density at radius 2 is 1.89 bits per heavy atom. The van der Waals surface area contributed by atoms with Crippen molar-refractivity contribution < 1.29 is 0 Å². The molecule has 0 aromatic heterocycles. The van der Waals surface area contributed by atoms with Crippen molar-refractivity contribution in [2.24, 2.45) is 5.92 Å². The summed E-state index contributed by atoms with van der Waals surface area (Å²) in [6.07, 6.45) is 4.19. The standard InChI is InChI=1S/C15H20Br2N2/c16-13-4-3-12(10-14(13)17)15(9-11-1-2-11)19-7-5-18-6-8-19/h3-4,10-11,15,18H,1-2,5-9H2/t15-/m1/s1. The van der Waals surface area contributed by atoms with E-state index in [1.165, 1.54) is 42.4 Å². The molecule has 0 bridgehead atoms. The van der Waals surface area contributed by atoms with Crippen LogP contribution in [0.1, 0.15) is 30.9 Å². The minimum Gasteiger partial charge on any atom is -0.314 e. The van der Waals surface area contributed by atoms with E-state index in [2.05, 4.69) is 60.3 Å². The van der Waals surface area contributed by atoms with Gasteiger partial charge in [-0.2, -0.15) is 0 Å². The number of nitrogens with zero attached hydrogens (tertiary/aromatic N) is 1. The lowest BCUT2D eigenvalue weighted by molar-refractivity contribution is 0.160. The van der Waals surface area contributed by atoms with Gasteiger partial charge in [0.2, 0.25) is 0 Å². The van der Waals surface area contributed by atoms with E-state index < -0.39 is 0 Å². The quantitative estimate of drug-likeness (QED) is 0.841. The number of hydrogen-bond acceptors (Lipinski definition) is 2. The molecule has 2 nitrogen and oxygen atoms in total. The molecule has 0 radical (unpaired) electrons. The van der Waals surface area contributed by atoms with E-state index in [-0.39, 0.29) is 0 Å². The molecule has 1 atom stereocenters. The van der Waals surface area contributed by atoms with E-state index >= 15 is 0 Å².